The number of pyridine rings is 2. The van der Waals surface area contributed by atoms with Crippen molar-refractivity contribution < 1.29 is 18.7 Å². The molecule has 2 saturated heterocycles. The second kappa shape index (κ2) is 9.59. The second-order valence-corrected chi connectivity index (χ2v) is 11.0. The molecular formula is C29H30F2N6O2. The molecule has 2 fully saturated rings. The van der Waals surface area contributed by atoms with E-state index in [4.69, 9.17) is 4.98 Å². The van der Waals surface area contributed by atoms with E-state index in [1.165, 1.54) is 17.0 Å². The number of hydrogen-bond donors (Lipinski definition) is 1. The maximum atomic E-state index is 14.6. The molecule has 0 spiro atoms. The van der Waals surface area contributed by atoms with E-state index < -0.39 is 23.3 Å². The van der Waals surface area contributed by atoms with Crippen LogP contribution in [0.1, 0.15) is 57.2 Å². The Balaban J connectivity index is 1.32. The highest BCUT2D eigenvalue weighted by atomic mass is 19.1. The van der Waals surface area contributed by atoms with E-state index >= 15 is 0 Å². The molecule has 0 saturated carbocycles. The predicted octanol–water partition coefficient (Wildman–Crippen LogP) is 6.21. The van der Waals surface area contributed by atoms with Crippen molar-refractivity contribution in [3.63, 3.8) is 0 Å². The third kappa shape index (κ3) is 4.57. The van der Waals surface area contributed by atoms with Gasteiger partial charge < -0.3 is 14.9 Å². The third-order valence-corrected chi connectivity index (χ3v) is 8.10. The Hall–Kier alpha value is -4.08. The van der Waals surface area contributed by atoms with Crippen LogP contribution >= 0.6 is 0 Å². The minimum absolute atomic E-state index is 0.0764. The molecule has 8 nitrogen and oxygen atoms in total. The van der Waals surface area contributed by atoms with Crippen LogP contribution < -0.4 is 4.90 Å². The van der Waals surface area contributed by atoms with Crippen LogP contribution in [0.3, 0.4) is 0 Å². The molecule has 10 heteroatoms. The smallest absolute Gasteiger partial charge is 0.407 e. The number of carboxylic acid groups (broad SMARTS) is 1. The molecule has 2 aliphatic rings. The fourth-order valence-corrected chi connectivity index (χ4v) is 6.17. The van der Waals surface area contributed by atoms with E-state index in [1.54, 1.807) is 12.4 Å². The highest BCUT2D eigenvalue weighted by Crippen LogP contribution is 2.39. The van der Waals surface area contributed by atoms with E-state index in [2.05, 4.69) is 10.1 Å². The van der Waals surface area contributed by atoms with Crippen LogP contribution in [0.4, 0.5) is 19.4 Å². The summed E-state index contributed by atoms with van der Waals surface area (Å²) in [6.45, 7) is 5.04. The number of fused-ring (bicyclic) bond motifs is 1. The number of rotatable bonds is 4. The summed E-state index contributed by atoms with van der Waals surface area (Å²) in [6.07, 6.45) is 7.54. The van der Waals surface area contributed by atoms with Crippen LogP contribution in [-0.4, -0.2) is 54.5 Å². The molecule has 5 heterocycles. The average molecular weight is 533 g/mol. The molecule has 3 aromatic heterocycles. The monoisotopic (exact) mass is 532 g/mol. The first-order valence-corrected chi connectivity index (χ1v) is 13.2. The van der Waals surface area contributed by atoms with Crippen LogP contribution in [0, 0.1) is 11.6 Å². The first-order chi connectivity index (χ1) is 18.7. The number of halogens is 2. The molecule has 2 aliphatic heterocycles. The first kappa shape index (κ1) is 25.2. The van der Waals surface area contributed by atoms with Crippen molar-refractivity contribution in [2.45, 2.75) is 57.2 Å². The van der Waals surface area contributed by atoms with E-state index in [-0.39, 0.29) is 12.1 Å². The lowest BCUT2D eigenvalue weighted by molar-refractivity contribution is 0.0474. The standard InChI is InChI=1S/C29H30F2N6O2/c1-29(2)15-20(10-13-36(29)28(38)39)37-17-18(16-33-37)21-9-11-32-24-7-8-26(34-27(21)24)35-12-3-4-25(35)22-14-19(30)5-6-23(22)31/h5-9,11,14,16-17,20,25H,3-4,10,12-13,15H2,1-2H3,(H,38,39)/t20?,25-/m1/s1. The van der Waals surface area contributed by atoms with Crippen molar-refractivity contribution in [2.75, 3.05) is 18.0 Å². The van der Waals surface area contributed by atoms with Crippen molar-refractivity contribution in [3.05, 3.63) is 72.2 Å². The van der Waals surface area contributed by atoms with Gasteiger partial charge in [0.25, 0.3) is 0 Å². The maximum Gasteiger partial charge on any atom is 0.407 e. The fraction of sp³-hybridized carbons (Fsp3) is 0.379. The zero-order valence-corrected chi connectivity index (χ0v) is 21.9. The van der Waals surface area contributed by atoms with Gasteiger partial charge in [0.05, 0.1) is 29.3 Å². The summed E-state index contributed by atoms with van der Waals surface area (Å²) in [6, 6.07) is 9.08. The summed E-state index contributed by atoms with van der Waals surface area (Å²) < 4.78 is 30.5. The lowest BCUT2D eigenvalue weighted by atomic mass is 9.87. The van der Waals surface area contributed by atoms with Crippen LogP contribution in [0.5, 0.6) is 0 Å². The van der Waals surface area contributed by atoms with Gasteiger partial charge in [-0.25, -0.2) is 18.6 Å². The molecule has 1 N–H and O–H groups in total. The van der Waals surface area contributed by atoms with E-state index in [0.29, 0.717) is 49.2 Å². The Bertz CT molecular complexity index is 1550. The molecule has 0 radical (unpaired) electrons. The maximum absolute atomic E-state index is 14.6. The van der Waals surface area contributed by atoms with Gasteiger partial charge in [0.2, 0.25) is 0 Å². The fourth-order valence-electron chi connectivity index (χ4n) is 6.17. The lowest BCUT2D eigenvalue weighted by Gasteiger charge is -2.43. The molecule has 1 aromatic carbocycles. The molecule has 1 unspecified atom stereocenters. The molecule has 6 rings (SSSR count). The average Bonchev–Trinajstić information content (AvgIpc) is 3.59. The quantitative estimate of drug-likeness (QED) is 0.336. The third-order valence-electron chi connectivity index (χ3n) is 8.10. The van der Waals surface area contributed by atoms with Crippen molar-refractivity contribution in [2.24, 2.45) is 0 Å². The van der Waals surface area contributed by atoms with Gasteiger partial charge in [-0.3, -0.25) is 9.67 Å². The van der Waals surface area contributed by atoms with Crippen molar-refractivity contribution in [1.29, 1.82) is 0 Å². The summed E-state index contributed by atoms with van der Waals surface area (Å²) in [4.78, 5) is 24.6. The molecule has 0 bridgehead atoms. The van der Waals surface area contributed by atoms with Crippen LogP contribution in [0.2, 0.25) is 0 Å². The summed E-state index contributed by atoms with van der Waals surface area (Å²) in [5.41, 5.74) is 3.06. The number of benzene rings is 1. The number of nitrogens with zero attached hydrogens (tertiary/aromatic N) is 6. The van der Waals surface area contributed by atoms with Crippen molar-refractivity contribution in [3.8, 4) is 11.1 Å². The normalized spacial score (nSPS) is 21.0. The lowest BCUT2D eigenvalue weighted by Crippen LogP contribution is -2.52. The number of anilines is 1. The second-order valence-electron chi connectivity index (χ2n) is 11.0. The number of carbonyl (C=O) groups is 1. The van der Waals surface area contributed by atoms with Gasteiger partial charge in [-0.1, -0.05) is 0 Å². The molecule has 4 aromatic rings. The van der Waals surface area contributed by atoms with Crippen LogP contribution in [0.25, 0.3) is 22.2 Å². The number of amides is 1. The molecule has 0 aliphatic carbocycles. The van der Waals surface area contributed by atoms with Gasteiger partial charge in [0.1, 0.15) is 17.5 Å². The first-order valence-electron chi connectivity index (χ1n) is 13.2. The Morgan fingerprint density at radius 2 is 1.95 bits per heavy atom. The number of hydrogen-bond acceptors (Lipinski definition) is 5. The van der Waals surface area contributed by atoms with Gasteiger partial charge in [-0.05, 0) is 75.9 Å². The minimum atomic E-state index is -0.898. The Kier molecular flexibility index (Phi) is 6.20. The van der Waals surface area contributed by atoms with E-state index in [1.807, 2.05) is 47.8 Å². The minimum Gasteiger partial charge on any atom is -0.465 e. The highest BCUT2D eigenvalue weighted by molar-refractivity contribution is 5.91. The van der Waals surface area contributed by atoms with Gasteiger partial charge in [0.15, 0.2) is 0 Å². The van der Waals surface area contributed by atoms with Gasteiger partial charge >= 0.3 is 6.09 Å². The summed E-state index contributed by atoms with van der Waals surface area (Å²) >= 11 is 0. The highest BCUT2D eigenvalue weighted by Gasteiger charge is 2.38. The Labute approximate surface area is 224 Å². The zero-order chi connectivity index (χ0) is 27.3. The Morgan fingerprint density at radius 1 is 1.10 bits per heavy atom. The number of likely N-dealkylation sites (tertiary alicyclic amines) is 1. The van der Waals surface area contributed by atoms with Crippen molar-refractivity contribution >= 4 is 22.9 Å². The molecular weight excluding hydrogens is 502 g/mol. The molecule has 39 heavy (non-hydrogen) atoms. The topological polar surface area (TPSA) is 87.4 Å². The predicted molar refractivity (Wildman–Crippen MR) is 144 cm³/mol. The Morgan fingerprint density at radius 3 is 2.74 bits per heavy atom. The summed E-state index contributed by atoms with van der Waals surface area (Å²) in [5, 5.41) is 14.2. The van der Waals surface area contributed by atoms with Crippen molar-refractivity contribution in [1.82, 2.24) is 24.6 Å². The molecule has 2 atom stereocenters. The summed E-state index contributed by atoms with van der Waals surface area (Å²) in [7, 11) is 0. The zero-order valence-electron chi connectivity index (χ0n) is 21.9. The number of aromatic nitrogens is 4. The van der Waals surface area contributed by atoms with E-state index in [9.17, 15) is 18.7 Å². The molecule has 202 valence electrons. The van der Waals surface area contributed by atoms with Gasteiger partial charge in [0, 0.05) is 47.7 Å². The summed E-state index contributed by atoms with van der Waals surface area (Å²) in [5.74, 6) is -0.176. The number of piperidine rings is 1. The largest absolute Gasteiger partial charge is 0.465 e. The molecule has 1 amide bonds. The van der Waals surface area contributed by atoms with Crippen LogP contribution in [-0.2, 0) is 0 Å². The van der Waals surface area contributed by atoms with Gasteiger partial charge in [-0.15, -0.1) is 0 Å². The SMILES string of the molecule is CC1(C)CC(n2cc(-c3ccnc4ccc(N5CCC[C@@H]5c5cc(F)ccc5F)nc34)cn2)CCN1C(=O)O. The van der Waals surface area contributed by atoms with Crippen LogP contribution in [0.15, 0.2) is 55.0 Å². The van der Waals surface area contributed by atoms with Gasteiger partial charge in [-0.2, -0.15) is 5.10 Å². The van der Waals surface area contributed by atoms with E-state index in [0.717, 1.165) is 29.1 Å².